The van der Waals surface area contributed by atoms with Crippen molar-refractivity contribution in [2.24, 2.45) is 0 Å². The third-order valence-corrected chi connectivity index (χ3v) is 4.41. The van der Waals surface area contributed by atoms with Crippen molar-refractivity contribution < 1.29 is 9.18 Å². The van der Waals surface area contributed by atoms with Crippen molar-refractivity contribution in [2.75, 3.05) is 5.32 Å². The molecule has 21 heavy (non-hydrogen) atoms. The van der Waals surface area contributed by atoms with Crippen LogP contribution < -0.4 is 5.32 Å². The van der Waals surface area contributed by atoms with Gasteiger partial charge in [0.2, 0.25) is 5.91 Å². The van der Waals surface area contributed by atoms with Gasteiger partial charge in [0.1, 0.15) is 5.82 Å². The fraction of sp³-hybridized carbons (Fsp3) is 0.235. The largest absolute Gasteiger partial charge is 0.323 e. The fourth-order valence-electron chi connectivity index (χ4n) is 1.97. The minimum absolute atomic E-state index is 0.204. The SMILES string of the molecule is Cc1ccc(S[C@H](C)C(=O)Nc2ccccc2F)c(C)c1. The Morgan fingerprint density at radius 1 is 1.19 bits per heavy atom. The summed E-state index contributed by atoms with van der Waals surface area (Å²) in [5.41, 5.74) is 2.56. The van der Waals surface area contributed by atoms with Crippen molar-refractivity contribution in [3.05, 3.63) is 59.4 Å². The Balaban J connectivity index is 2.04. The second-order valence-electron chi connectivity index (χ2n) is 5.00. The second kappa shape index (κ2) is 6.76. The number of halogens is 1. The standard InChI is InChI=1S/C17H18FNOS/c1-11-8-9-16(12(2)10-11)21-13(3)17(20)19-15-7-5-4-6-14(15)18/h4-10,13H,1-3H3,(H,19,20)/t13-/m1/s1. The summed E-state index contributed by atoms with van der Waals surface area (Å²) >= 11 is 1.48. The van der Waals surface area contributed by atoms with Gasteiger partial charge in [0, 0.05) is 4.90 Å². The van der Waals surface area contributed by atoms with Crippen LogP contribution in [0.5, 0.6) is 0 Å². The summed E-state index contributed by atoms with van der Waals surface area (Å²) < 4.78 is 13.5. The molecular weight excluding hydrogens is 285 g/mol. The second-order valence-corrected chi connectivity index (χ2v) is 6.38. The number of benzene rings is 2. The van der Waals surface area contributed by atoms with Crippen LogP contribution in [-0.4, -0.2) is 11.2 Å². The van der Waals surface area contributed by atoms with Gasteiger partial charge >= 0.3 is 0 Å². The number of aryl methyl sites for hydroxylation is 2. The summed E-state index contributed by atoms with van der Waals surface area (Å²) in [4.78, 5) is 13.2. The average Bonchev–Trinajstić information content (AvgIpc) is 2.44. The molecule has 0 spiro atoms. The molecule has 0 radical (unpaired) electrons. The number of anilines is 1. The molecule has 2 aromatic carbocycles. The maximum Gasteiger partial charge on any atom is 0.237 e. The monoisotopic (exact) mass is 303 g/mol. The highest BCUT2D eigenvalue weighted by Crippen LogP contribution is 2.28. The number of rotatable bonds is 4. The van der Waals surface area contributed by atoms with E-state index >= 15 is 0 Å². The molecule has 0 aromatic heterocycles. The number of para-hydroxylation sites is 1. The average molecular weight is 303 g/mol. The van der Waals surface area contributed by atoms with Gasteiger partial charge < -0.3 is 5.32 Å². The summed E-state index contributed by atoms with van der Waals surface area (Å²) in [5.74, 6) is -0.625. The normalized spacial score (nSPS) is 12.0. The van der Waals surface area contributed by atoms with Crippen LogP contribution in [0, 0.1) is 19.7 Å². The lowest BCUT2D eigenvalue weighted by Crippen LogP contribution is -2.23. The molecule has 110 valence electrons. The summed E-state index contributed by atoms with van der Waals surface area (Å²) in [6.07, 6.45) is 0. The summed E-state index contributed by atoms with van der Waals surface area (Å²) in [7, 11) is 0. The van der Waals surface area contributed by atoms with Crippen LogP contribution in [-0.2, 0) is 4.79 Å². The summed E-state index contributed by atoms with van der Waals surface area (Å²) in [6, 6.07) is 12.3. The zero-order valence-electron chi connectivity index (χ0n) is 12.3. The number of hydrogen-bond acceptors (Lipinski definition) is 2. The number of hydrogen-bond donors (Lipinski definition) is 1. The van der Waals surface area contributed by atoms with E-state index in [2.05, 4.69) is 11.4 Å². The van der Waals surface area contributed by atoms with Crippen molar-refractivity contribution >= 4 is 23.4 Å². The van der Waals surface area contributed by atoms with E-state index in [9.17, 15) is 9.18 Å². The molecule has 0 saturated carbocycles. The Hall–Kier alpha value is -1.81. The van der Waals surface area contributed by atoms with Gasteiger partial charge in [0.25, 0.3) is 0 Å². The first kappa shape index (κ1) is 15.6. The molecule has 0 heterocycles. The van der Waals surface area contributed by atoms with E-state index in [-0.39, 0.29) is 16.8 Å². The first-order valence-corrected chi connectivity index (χ1v) is 7.64. The molecule has 0 aliphatic rings. The van der Waals surface area contributed by atoms with Crippen LogP contribution >= 0.6 is 11.8 Å². The molecule has 0 aliphatic heterocycles. The maximum absolute atomic E-state index is 13.5. The smallest absolute Gasteiger partial charge is 0.237 e. The van der Waals surface area contributed by atoms with Gasteiger partial charge in [-0.2, -0.15) is 0 Å². The van der Waals surface area contributed by atoms with E-state index in [1.807, 2.05) is 32.9 Å². The zero-order chi connectivity index (χ0) is 15.4. The summed E-state index contributed by atoms with van der Waals surface area (Å²) in [6.45, 7) is 5.88. The highest BCUT2D eigenvalue weighted by molar-refractivity contribution is 8.00. The predicted octanol–water partition coefficient (Wildman–Crippen LogP) is 4.56. The fourth-order valence-corrected chi connectivity index (χ4v) is 2.91. The topological polar surface area (TPSA) is 29.1 Å². The van der Waals surface area contributed by atoms with E-state index in [0.29, 0.717) is 0 Å². The van der Waals surface area contributed by atoms with Crippen molar-refractivity contribution in [3.63, 3.8) is 0 Å². The van der Waals surface area contributed by atoms with Crippen LogP contribution in [0.25, 0.3) is 0 Å². The van der Waals surface area contributed by atoms with Crippen LogP contribution in [0.15, 0.2) is 47.4 Å². The lowest BCUT2D eigenvalue weighted by molar-refractivity contribution is -0.115. The van der Waals surface area contributed by atoms with Crippen molar-refractivity contribution in [1.82, 2.24) is 0 Å². The Labute approximate surface area is 128 Å². The molecule has 0 unspecified atom stereocenters. The van der Waals surface area contributed by atoms with Gasteiger partial charge in [0.05, 0.1) is 10.9 Å². The lowest BCUT2D eigenvalue weighted by Gasteiger charge is -2.14. The number of carbonyl (C=O) groups excluding carboxylic acids is 1. The Morgan fingerprint density at radius 3 is 2.57 bits per heavy atom. The van der Waals surface area contributed by atoms with Gasteiger partial charge in [-0.1, -0.05) is 29.8 Å². The van der Waals surface area contributed by atoms with Crippen molar-refractivity contribution in [2.45, 2.75) is 30.9 Å². The highest BCUT2D eigenvalue weighted by Gasteiger charge is 2.16. The predicted molar refractivity (Wildman–Crippen MR) is 86.3 cm³/mol. The Kier molecular flexibility index (Phi) is 5.02. The number of carbonyl (C=O) groups is 1. The summed E-state index contributed by atoms with van der Waals surface area (Å²) in [5, 5.41) is 2.33. The van der Waals surface area contributed by atoms with Crippen LogP contribution in [0.2, 0.25) is 0 Å². The molecule has 2 nitrogen and oxygen atoms in total. The van der Waals surface area contributed by atoms with E-state index in [4.69, 9.17) is 0 Å². The van der Waals surface area contributed by atoms with E-state index in [0.717, 1.165) is 10.5 Å². The molecule has 0 fully saturated rings. The molecule has 1 N–H and O–H groups in total. The third kappa shape index (κ3) is 4.08. The van der Waals surface area contributed by atoms with E-state index < -0.39 is 5.82 Å². The first-order chi connectivity index (χ1) is 9.97. The van der Waals surface area contributed by atoms with Gasteiger partial charge in [-0.05, 0) is 44.5 Å². The first-order valence-electron chi connectivity index (χ1n) is 6.76. The number of amides is 1. The van der Waals surface area contributed by atoms with Crippen LogP contribution in [0.3, 0.4) is 0 Å². The Bertz CT molecular complexity index is 657. The number of thioether (sulfide) groups is 1. The quantitative estimate of drug-likeness (QED) is 0.839. The van der Waals surface area contributed by atoms with Crippen LogP contribution in [0.4, 0.5) is 10.1 Å². The minimum Gasteiger partial charge on any atom is -0.323 e. The van der Waals surface area contributed by atoms with Gasteiger partial charge in [0.15, 0.2) is 0 Å². The molecule has 0 bridgehead atoms. The van der Waals surface area contributed by atoms with E-state index in [1.165, 1.54) is 23.4 Å². The molecule has 1 amide bonds. The maximum atomic E-state index is 13.5. The van der Waals surface area contributed by atoms with Gasteiger partial charge in [-0.15, -0.1) is 11.8 Å². The molecule has 1 atom stereocenters. The molecule has 2 rings (SSSR count). The molecule has 0 saturated heterocycles. The van der Waals surface area contributed by atoms with Crippen molar-refractivity contribution in [1.29, 1.82) is 0 Å². The molecule has 0 aliphatic carbocycles. The Morgan fingerprint density at radius 2 is 1.90 bits per heavy atom. The lowest BCUT2D eigenvalue weighted by atomic mass is 10.2. The van der Waals surface area contributed by atoms with Gasteiger partial charge in [-0.3, -0.25) is 4.79 Å². The highest BCUT2D eigenvalue weighted by atomic mass is 32.2. The van der Waals surface area contributed by atoms with Gasteiger partial charge in [-0.25, -0.2) is 4.39 Å². The van der Waals surface area contributed by atoms with Crippen molar-refractivity contribution in [3.8, 4) is 0 Å². The minimum atomic E-state index is -0.422. The molecule has 4 heteroatoms. The van der Waals surface area contributed by atoms with Crippen LogP contribution in [0.1, 0.15) is 18.1 Å². The molecule has 2 aromatic rings. The molecular formula is C17H18FNOS. The zero-order valence-corrected chi connectivity index (χ0v) is 13.1. The van der Waals surface area contributed by atoms with E-state index in [1.54, 1.807) is 18.2 Å². The number of nitrogens with one attached hydrogen (secondary N) is 1. The third-order valence-electron chi connectivity index (χ3n) is 3.14.